The van der Waals surface area contributed by atoms with Crippen molar-refractivity contribution in [2.24, 2.45) is 0 Å². The minimum atomic E-state index is -0.00167. The van der Waals surface area contributed by atoms with Crippen LogP contribution < -0.4 is 14.2 Å². The second kappa shape index (κ2) is 8.62. The number of carbonyl (C=O) groups excluding carboxylic acids is 1. The van der Waals surface area contributed by atoms with E-state index in [4.69, 9.17) is 14.2 Å². The predicted octanol–water partition coefficient (Wildman–Crippen LogP) is 4.09. The first-order valence-electron chi connectivity index (χ1n) is 9.01. The van der Waals surface area contributed by atoms with Crippen LogP contribution in [0.25, 0.3) is 6.08 Å². The summed E-state index contributed by atoms with van der Waals surface area (Å²) in [6.07, 6.45) is 5.35. The number of methoxy groups -OCH3 is 3. The van der Waals surface area contributed by atoms with Gasteiger partial charge in [0.05, 0.1) is 27.4 Å². The second-order valence-electron chi connectivity index (χ2n) is 6.38. The molecule has 1 aliphatic rings. The van der Waals surface area contributed by atoms with Crippen molar-refractivity contribution in [3.8, 4) is 17.2 Å². The van der Waals surface area contributed by atoms with Crippen LogP contribution in [0, 0.1) is 0 Å². The third-order valence-corrected chi connectivity index (χ3v) is 4.87. The van der Waals surface area contributed by atoms with Crippen molar-refractivity contribution in [3.05, 3.63) is 59.7 Å². The lowest BCUT2D eigenvalue weighted by Gasteiger charge is -2.24. The molecule has 3 rings (SSSR count). The van der Waals surface area contributed by atoms with Crippen molar-refractivity contribution in [1.82, 2.24) is 4.90 Å². The van der Waals surface area contributed by atoms with Gasteiger partial charge in [-0.3, -0.25) is 4.79 Å². The summed E-state index contributed by atoms with van der Waals surface area (Å²) in [6, 6.07) is 13.5. The average molecular weight is 367 g/mol. The summed E-state index contributed by atoms with van der Waals surface area (Å²) in [4.78, 5) is 14.7. The third kappa shape index (κ3) is 4.08. The molecule has 5 heteroatoms. The molecule has 1 heterocycles. The van der Waals surface area contributed by atoms with E-state index in [1.54, 1.807) is 27.4 Å². The normalized spacial score (nSPS) is 16.6. The van der Waals surface area contributed by atoms with Crippen molar-refractivity contribution in [3.63, 3.8) is 0 Å². The predicted molar refractivity (Wildman–Crippen MR) is 105 cm³/mol. The van der Waals surface area contributed by atoms with Crippen LogP contribution in [0.15, 0.2) is 48.5 Å². The number of ether oxygens (including phenoxy) is 3. The summed E-state index contributed by atoms with van der Waals surface area (Å²) in [5, 5.41) is 0. The molecule has 5 nitrogen and oxygen atoms in total. The molecule has 1 amide bonds. The Balaban J connectivity index is 1.80. The van der Waals surface area contributed by atoms with E-state index in [0.29, 0.717) is 11.5 Å². The molecule has 0 aromatic heterocycles. The van der Waals surface area contributed by atoms with Gasteiger partial charge in [0, 0.05) is 18.2 Å². The number of amides is 1. The van der Waals surface area contributed by atoms with Crippen LogP contribution in [0.4, 0.5) is 0 Å². The van der Waals surface area contributed by atoms with Gasteiger partial charge in [0.15, 0.2) is 11.5 Å². The molecule has 0 saturated carbocycles. The molecule has 1 fully saturated rings. The lowest BCUT2D eigenvalue weighted by molar-refractivity contribution is -0.126. The molecular formula is C22H25NO4. The lowest BCUT2D eigenvalue weighted by Crippen LogP contribution is -2.28. The van der Waals surface area contributed by atoms with Crippen LogP contribution in [-0.2, 0) is 4.79 Å². The number of nitrogens with zero attached hydrogens (tertiary/aromatic N) is 1. The van der Waals surface area contributed by atoms with Crippen molar-refractivity contribution in [1.29, 1.82) is 0 Å². The van der Waals surface area contributed by atoms with E-state index in [-0.39, 0.29) is 11.9 Å². The minimum Gasteiger partial charge on any atom is -0.496 e. The Hall–Kier alpha value is -2.95. The molecule has 2 aromatic rings. The maximum absolute atomic E-state index is 12.8. The topological polar surface area (TPSA) is 48.0 Å². The first-order valence-corrected chi connectivity index (χ1v) is 9.01. The second-order valence-corrected chi connectivity index (χ2v) is 6.38. The SMILES string of the molecule is COc1ccccc1/C=C/C(=O)N1CCCC1c1ccc(OC)c(OC)c1. The minimum absolute atomic E-state index is 0.00167. The van der Waals surface area contributed by atoms with Gasteiger partial charge in [-0.05, 0) is 42.7 Å². The van der Waals surface area contributed by atoms with E-state index in [1.807, 2.05) is 53.4 Å². The maximum Gasteiger partial charge on any atom is 0.247 e. The summed E-state index contributed by atoms with van der Waals surface area (Å²) in [7, 11) is 4.86. The van der Waals surface area contributed by atoms with E-state index < -0.39 is 0 Å². The third-order valence-electron chi connectivity index (χ3n) is 4.87. The number of hydrogen-bond donors (Lipinski definition) is 0. The molecule has 1 atom stereocenters. The molecular weight excluding hydrogens is 342 g/mol. The zero-order valence-corrected chi connectivity index (χ0v) is 16.0. The molecule has 1 aliphatic heterocycles. The van der Waals surface area contributed by atoms with E-state index in [9.17, 15) is 4.79 Å². The Morgan fingerprint density at radius 3 is 2.48 bits per heavy atom. The number of rotatable bonds is 6. The van der Waals surface area contributed by atoms with Gasteiger partial charge in [0.2, 0.25) is 5.91 Å². The zero-order valence-electron chi connectivity index (χ0n) is 16.0. The summed E-state index contributed by atoms with van der Waals surface area (Å²) >= 11 is 0. The number of carbonyl (C=O) groups is 1. The molecule has 0 spiro atoms. The summed E-state index contributed by atoms with van der Waals surface area (Å²) in [5.74, 6) is 2.12. The van der Waals surface area contributed by atoms with Gasteiger partial charge in [-0.2, -0.15) is 0 Å². The highest BCUT2D eigenvalue weighted by Crippen LogP contribution is 2.37. The van der Waals surface area contributed by atoms with Gasteiger partial charge in [-0.15, -0.1) is 0 Å². The number of likely N-dealkylation sites (tertiary alicyclic amines) is 1. The standard InChI is InChI=1S/C22H25NO4/c1-25-19-9-5-4-7-16(19)11-13-22(24)23-14-6-8-18(23)17-10-12-20(26-2)21(15-17)27-3/h4-5,7,9-13,15,18H,6,8,14H2,1-3H3/b13-11+. The van der Waals surface area contributed by atoms with Gasteiger partial charge < -0.3 is 19.1 Å². The molecule has 1 unspecified atom stereocenters. The molecule has 27 heavy (non-hydrogen) atoms. The van der Waals surface area contributed by atoms with Crippen molar-refractivity contribution < 1.29 is 19.0 Å². The maximum atomic E-state index is 12.8. The fraction of sp³-hybridized carbons (Fsp3) is 0.318. The van der Waals surface area contributed by atoms with Crippen LogP contribution in [0.5, 0.6) is 17.2 Å². The van der Waals surface area contributed by atoms with Crippen LogP contribution in [-0.4, -0.2) is 38.7 Å². The van der Waals surface area contributed by atoms with Gasteiger partial charge in [-0.25, -0.2) is 0 Å². The van der Waals surface area contributed by atoms with Gasteiger partial charge >= 0.3 is 0 Å². The lowest BCUT2D eigenvalue weighted by atomic mass is 10.0. The summed E-state index contributed by atoms with van der Waals surface area (Å²) < 4.78 is 16.1. The average Bonchev–Trinajstić information content (AvgIpc) is 3.21. The monoisotopic (exact) mass is 367 g/mol. The van der Waals surface area contributed by atoms with Crippen LogP contribution in [0.3, 0.4) is 0 Å². The Labute approximate surface area is 160 Å². The van der Waals surface area contributed by atoms with Gasteiger partial charge in [-0.1, -0.05) is 24.3 Å². The van der Waals surface area contributed by atoms with Gasteiger partial charge in [0.1, 0.15) is 5.75 Å². The largest absolute Gasteiger partial charge is 0.496 e. The highest BCUT2D eigenvalue weighted by Gasteiger charge is 2.29. The fourth-order valence-electron chi connectivity index (χ4n) is 3.50. The molecule has 0 radical (unpaired) electrons. The van der Waals surface area contributed by atoms with Gasteiger partial charge in [0.25, 0.3) is 0 Å². The van der Waals surface area contributed by atoms with Crippen molar-refractivity contribution >= 4 is 12.0 Å². The molecule has 0 aliphatic carbocycles. The first-order chi connectivity index (χ1) is 13.2. The number of benzene rings is 2. The summed E-state index contributed by atoms with van der Waals surface area (Å²) in [5.41, 5.74) is 1.94. The summed E-state index contributed by atoms with van der Waals surface area (Å²) in [6.45, 7) is 0.744. The fourth-order valence-corrected chi connectivity index (χ4v) is 3.50. The molecule has 0 bridgehead atoms. The van der Waals surface area contributed by atoms with E-state index in [1.165, 1.54) is 0 Å². The number of para-hydroxylation sites is 1. The Morgan fingerprint density at radius 1 is 1.00 bits per heavy atom. The smallest absolute Gasteiger partial charge is 0.247 e. The zero-order chi connectivity index (χ0) is 19.2. The Kier molecular flexibility index (Phi) is 6.01. The van der Waals surface area contributed by atoms with Crippen LogP contribution in [0.1, 0.15) is 30.0 Å². The van der Waals surface area contributed by atoms with Crippen molar-refractivity contribution in [2.75, 3.05) is 27.9 Å². The quantitative estimate of drug-likeness (QED) is 0.722. The van der Waals surface area contributed by atoms with Crippen LogP contribution in [0.2, 0.25) is 0 Å². The van der Waals surface area contributed by atoms with E-state index in [2.05, 4.69) is 0 Å². The number of hydrogen-bond acceptors (Lipinski definition) is 4. The Bertz CT molecular complexity index is 831. The first kappa shape index (κ1) is 18.8. The van der Waals surface area contributed by atoms with E-state index in [0.717, 1.165) is 36.3 Å². The highest BCUT2D eigenvalue weighted by molar-refractivity contribution is 5.92. The Morgan fingerprint density at radius 2 is 1.74 bits per heavy atom. The molecule has 0 N–H and O–H groups in total. The molecule has 1 saturated heterocycles. The van der Waals surface area contributed by atoms with Crippen LogP contribution >= 0.6 is 0 Å². The molecule has 2 aromatic carbocycles. The van der Waals surface area contributed by atoms with E-state index >= 15 is 0 Å². The highest BCUT2D eigenvalue weighted by atomic mass is 16.5. The van der Waals surface area contributed by atoms with Crippen molar-refractivity contribution in [2.45, 2.75) is 18.9 Å². The molecule has 142 valence electrons.